The molecular formula is C8H16N2O6. The fourth-order valence-electron chi connectivity index (χ4n) is 1.22. The number of hydrogen-bond donors (Lipinski definition) is 5. The molecule has 6 N–H and O–H groups in total. The van der Waals surface area contributed by atoms with Crippen LogP contribution in [-0.2, 0) is 9.59 Å². The van der Waals surface area contributed by atoms with Crippen LogP contribution in [0.4, 0.5) is 0 Å². The van der Waals surface area contributed by atoms with Crippen LogP contribution in [0, 0.1) is 0 Å². The number of hydrogen-bond acceptors (Lipinski definition) is 6. The number of carbonyl (C=O) groups excluding carboxylic acids is 2. The third kappa shape index (κ3) is 4.53. The van der Waals surface area contributed by atoms with Gasteiger partial charge in [0.05, 0.1) is 0 Å². The van der Waals surface area contributed by atoms with Gasteiger partial charge in [0.15, 0.2) is 0 Å². The molecule has 0 heterocycles. The predicted molar refractivity (Wildman–Crippen MR) is 51.0 cm³/mol. The molecule has 0 saturated heterocycles. The van der Waals surface area contributed by atoms with E-state index >= 15 is 0 Å². The molecule has 0 aliphatic carbocycles. The van der Waals surface area contributed by atoms with E-state index in [4.69, 9.17) is 5.73 Å². The van der Waals surface area contributed by atoms with Crippen molar-refractivity contribution in [3.63, 3.8) is 0 Å². The molecule has 94 valence electrons. The summed E-state index contributed by atoms with van der Waals surface area (Å²) in [7, 11) is 0. The molecule has 8 heteroatoms. The van der Waals surface area contributed by atoms with E-state index in [1.807, 2.05) is 0 Å². The van der Waals surface area contributed by atoms with Gasteiger partial charge in [0, 0.05) is 26.7 Å². The lowest BCUT2D eigenvalue weighted by Gasteiger charge is -2.39. The number of carbonyl (C=O) groups is 2. The Hall–Kier alpha value is -1.22. The first-order valence-corrected chi connectivity index (χ1v) is 4.47. The van der Waals surface area contributed by atoms with Crippen molar-refractivity contribution >= 4 is 11.8 Å². The molecule has 16 heavy (non-hydrogen) atoms. The summed E-state index contributed by atoms with van der Waals surface area (Å²) in [6.07, 6.45) is -0.787. The van der Waals surface area contributed by atoms with Crippen LogP contribution >= 0.6 is 0 Å². The number of aliphatic hydroxyl groups is 4. The van der Waals surface area contributed by atoms with Gasteiger partial charge in [0.2, 0.25) is 23.6 Å². The molecule has 0 spiro atoms. The van der Waals surface area contributed by atoms with Crippen molar-refractivity contribution in [2.75, 3.05) is 0 Å². The number of amides is 2. The number of nitrogens with zero attached hydrogens (tertiary/aromatic N) is 1. The van der Waals surface area contributed by atoms with Gasteiger partial charge < -0.3 is 26.2 Å². The van der Waals surface area contributed by atoms with Crippen LogP contribution in [0.1, 0.15) is 26.7 Å². The van der Waals surface area contributed by atoms with Gasteiger partial charge in [-0.1, -0.05) is 0 Å². The highest BCUT2D eigenvalue weighted by molar-refractivity contribution is 5.83. The number of primary amides is 1. The summed E-state index contributed by atoms with van der Waals surface area (Å²) in [5.41, 5.74) is 4.80. The lowest BCUT2D eigenvalue weighted by Crippen LogP contribution is -2.61. The van der Waals surface area contributed by atoms with Gasteiger partial charge in [-0.2, -0.15) is 0 Å². The third-order valence-corrected chi connectivity index (χ3v) is 1.68. The van der Waals surface area contributed by atoms with E-state index in [1.165, 1.54) is 0 Å². The second-order valence-electron chi connectivity index (χ2n) is 3.64. The zero-order valence-electron chi connectivity index (χ0n) is 9.04. The normalized spacial score (nSPS) is 12.4. The Kier molecular flexibility index (Phi) is 4.38. The molecule has 2 amide bonds. The van der Waals surface area contributed by atoms with Crippen LogP contribution in [0.3, 0.4) is 0 Å². The average molecular weight is 236 g/mol. The summed E-state index contributed by atoms with van der Waals surface area (Å²) in [6.45, 7) is 1.56. The lowest BCUT2D eigenvalue weighted by atomic mass is 10.2. The smallest absolute Gasteiger partial charge is 0.249 e. The Balaban J connectivity index is 4.80. The van der Waals surface area contributed by atoms with Crippen molar-refractivity contribution in [3.05, 3.63) is 0 Å². The van der Waals surface area contributed by atoms with Gasteiger partial charge in [-0.05, 0) is 0 Å². The maximum atomic E-state index is 11.4. The largest absolute Gasteiger partial charge is 0.370 e. The predicted octanol–water partition coefficient (Wildman–Crippen LogP) is -2.60. The summed E-state index contributed by atoms with van der Waals surface area (Å²) < 4.78 is 0. The van der Waals surface area contributed by atoms with Crippen LogP contribution < -0.4 is 5.73 Å². The summed E-state index contributed by atoms with van der Waals surface area (Å²) in [5.74, 6) is -7.30. The van der Waals surface area contributed by atoms with E-state index in [1.54, 1.807) is 0 Å². The molecular weight excluding hydrogens is 220 g/mol. The molecule has 0 aliphatic heterocycles. The first-order valence-electron chi connectivity index (χ1n) is 4.47. The molecule has 0 saturated carbocycles. The van der Waals surface area contributed by atoms with E-state index < -0.39 is 30.1 Å². The number of rotatable bonds is 5. The summed E-state index contributed by atoms with van der Waals surface area (Å²) >= 11 is 0. The van der Waals surface area contributed by atoms with E-state index in [9.17, 15) is 30.0 Å². The van der Waals surface area contributed by atoms with Gasteiger partial charge in [-0.25, -0.2) is 4.90 Å². The van der Waals surface area contributed by atoms with Gasteiger partial charge in [-0.3, -0.25) is 9.59 Å². The van der Waals surface area contributed by atoms with E-state index in [2.05, 4.69) is 0 Å². The van der Waals surface area contributed by atoms with Crippen LogP contribution in [0.2, 0.25) is 0 Å². The Bertz CT molecular complexity index is 263. The summed E-state index contributed by atoms with van der Waals surface area (Å²) in [6, 6.07) is 0. The van der Waals surface area contributed by atoms with Crippen molar-refractivity contribution in [3.8, 4) is 0 Å². The van der Waals surface area contributed by atoms with Crippen molar-refractivity contribution in [2.24, 2.45) is 5.73 Å². The minimum atomic E-state index is -2.76. The van der Waals surface area contributed by atoms with E-state index in [-0.39, 0.29) is 11.3 Å². The van der Waals surface area contributed by atoms with E-state index in [0.717, 1.165) is 13.8 Å². The van der Waals surface area contributed by atoms with Crippen molar-refractivity contribution < 1.29 is 30.0 Å². The Morgan fingerprint density at radius 1 is 1.06 bits per heavy atom. The molecule has 0 fully saturated rings. The quantitative estimate of drug-likeness (QED) is 0.331. The summed E-state index contributed by atoms with van der Waals surface area (Å²) in [4.78, 5) is 21.9. The first kappa shape index (κ1) is 14.8. The SMILES string of the molecule is CC(O)(O)N(C(=O)CCC(N)=O)C(C)(O)O. The highest BCUT2D eigenvalue weighted by Crippen LogP contribution is 2.19. The molecule has 0 aromatic rings. The first-order chi connectivity index (χ1) is 6.96. The maximum Gasteiger partial charge on any atom is 0.249 e. The third-order valence-electron chi connectivity index (χ3n) is 1.68. The highest BCUT2D eigenvalue weighted by Gasteiger charge is 2.42. The maximum absolute atomic E-state index is 11.4. The van der Waals surface area contributed by atoms with Gasteiger partial charge in [0.1, 0.15) is 0 Å². The average Bonchev–Trinajstić information content (AvgIpc) is 1.94. The zero-order valence-corrected chi connectivity index (χ0v) is 9.04. The Morgan fingerprint density at radius 2 is 1.44 bits per heavy atom. The standard InChI is InChI=1S/C8H16N2O6/c1-7(13,14)10(8(2,15)16)6(12)4-3-5(9)11/h13-16H,3-4H2,1-2H3,(H2,9,11). The van der Waals surface area contributed by atoms with E-state index in [0.29, 0.717) is 0 Å². The second-order valence-corrected chi connectivity index (χ2v) is 3.64. The summed E-state index contributed by atoms with van der Waals surface area (Å²) in [5, 5.41) is 36.7. The topological polar surface area (TPSA) is 144 Å². The fourth-order valence-corrected chi connectivity index (χ4v) is 1.22. The molecule has 8 nitrogen and oxygen atoms in total. The van der Waals surface area contributed by atoms with Crippen LogP contribution in [0.5, 0.6) is 0 Å². The van der Waals surface area contributed by atoms with Crippen molar-refractivity contribution in [2.45, 2.75) is 38.5 Å². The minimum absolute atomic E-state index is 0.0307. The van der Waals surface area contributed by atoms with Crippen molar-refractivity contribution in [1.29, 1.82) is 0 Å². The molecule has 0 aliphatic rings. The van der Waals surface area contributed by atoms with Crippen molar-refractivity contribution in [1.82, 2.24) is 4.90 Å². The highest BCUT2D eigenvalue weighted by atomic mass is 16.6. The van der Waals surface area contributed by atoms with Gasteiger partial charge in [-0.15, -0.1) is 0 Å². The molecule has 0 atom stereocenters. The Labute approximate surface area is 91.9 Å². The zero-order chi connectivity index (χ0) is 13.1. The molecule has 0 rings (SSSR count). The Morgan fingerprint density at radius 3 is 1.69 bits per heavy atom. The minimum Gasteiger partial charge on any atom is -0.370 e. The molecule has 0 bridgehead atoms. The number of nitrogens with two attached hydrogens (primary N) is 1. The van der Waals surface area contributed by atoms with Gasteiger partial charge in [0.25, 0.3) is 0 Å². The lowest BCUT2D eigenvalue weighted by molar-refractivity contribution is -0.354. The van der Waals surface area contributed by atoms with Crippen LogP contribution in [-0.4, -0.2) is 49.0 Å². The van der Waals surface area contributed by atoms with Gasteiger partial charge >= 0.3 is 0 Å². The molecule has 0 aromatic heterocycles. The fraction of sp³-hybridized carbons (Fsp3) is 0.750. The molecule has 0 unspecified atom stereocenters. The second kappa shape index (κ2) is 4.74. The van der Waals surface area contributed by atoms with Crippen LogP contribution in [0.15, 0.2) is 0 Å². The molecule has 0 radical (unpaired) electrons. The van der Waals surface area contributed by atoms with Crippen LogP contribution in [0.25, 0.3) is 0 Å². The molecule has 0 aromatic carbocycles. The monoisotopic (exact) mass is 236 g/mol.